The first kappa shape index (κ1) is 25.7. The molecule has 0 atom stereocenters. The Hall–Kier alpha value is -2.92. The molecule has 0 radical (unpaired) electrons. The molecule has 2 heterocycles. The summed E-state index contributed by atoms with van der Waals surface area (Å²) in [6.07, 6.45) is 7.83. The summed E-state index contributed by atoms with van der Waals surface area (Å²) < 4.78 is 2.12. The van der Waals surface area contributed by atoms with Crippen molar-refractivity contribution < 1.29 is 9.85 Å². The highest BCUT2D eigenvalue weighted by atomic mass is 79.9. The molecule has 0 saturated carbocycles. The first-order chi connectivity index (χ1) is 16.3. The average molecular weight is 620 g/mol. The number of thiophene rings is 2. The molecular formula is C24H16Br2N2O4S2. The Kier molecular flexibility index (Phi) is 9.46. The smallest absolute Gasteiger partial charge is 0.258 e. The molecule has 4 rings (SSSR count). The van der Waals surface area contributed by atoms with Crippen LogP contribution >= 0.6 is 54.5 Å². The van der Waals surface area contributed by atoms with E-state index in [0.29, 0.717) is 0 Å². The fourth-order valence-corrected chi connectivity index (χ4v) is 5.28. The van der Waals surface area contributed by atoms with Crippen LogP contribution in [0.5, 0.6) is 0 Å². The van der Waals surface area contributed by atoms with Gasteiger partial charge in [-0.25, -0.2) is 0 Å². The molecule has 0 unspecified atom stereocenters. The molecule has 4 aromatic rings. The molecule has 6 nitrogen and oxygen atoms in total. The van der Waals surface area contributed by atoms with Crippen molar-refractivity contribution in [1.29, 1.82) is 0 Å². The van der Waals surface area contributed by atoms with Crippen LogP contribution in [0.1, 0.15) is 20.9 Å². The zero-order chi connectivity index (χ0) is 24.5. The van der Waals surface area contributed by atoms with Gasteiger partial charge in [-0.05, 0) is 91.5 Å². The summed E-state index contributed by atoms with van der Waals surface area (Å²) in [5, 5.41) is 25.0. The van der Waals surface area contributed by atoms with Gasteiger partial charge < -0.3 is 0 Å². The van der Waals surface area contributed by atoms with Crippen LogP contribution in [0, 0.1) is 20.2 Å². The van der Waals surface area contributed by atoms with E-state index in [1.165, 1.54) is 24.3 Å². The van der Waals surface area contributed by atoms with E-state index in [1.807, 2.05) is 47.2 Å². The van der Waals surface area contributed by atoms with E-state index in [1.54, 1.807) is 46.9 Å². The van der Waals surface area contributed by atoms with Crippen LogP contribution in [0.2, 0.25) is 0 Å². The highest BCUT2D eigenvalue weighted by Crippen LogP contribution is 2.23. The van der Waals surface area contributed by atoms with Crippen molar-refractivity contribution in [1.82, 2.24) is 0 Å². The van der Waals surface area contributed by atoms with Crippen LogP contribution in [0.15, 0.2) is 80.4 Å². The molecule has 0 N–H and O–H groups in total. The number of benzene rings is 2. The molecule has 0 aliphatic carbocycles. The Morgan fingerprint density at radius 1 is 0.618 bits per heavy atom. The second-order valence-electron chi connectivity index (χ2n) is 6.70. The first-order valence-electron chi connectivity index (χ1n) is 9.63. The maximum Gasteiger partial charge on any atom is 0.269 e. The highest BCUT2D eigenvalue weighted by molar-refractivity contribution is 9.10. The number of nitro groups is 2. The molecule has 34 heavy (non-hydrogen) atoms. The van der Waals surface area contributed by atoms with Gasteiger partial charge in [0.1, 0.15) is 0 Å². The van der Waals surface area contributed by atoms with Crippen molar-refractivity contribution in [2.75, 3.05) is 0 Å². The third-order valence-corrected chi connectivity index (χ3v) is 7.58. The lowest BCUT2D eigenvalue weighted by Crippen LogP contribution is -1.86. The molecule has 10 heteroatoms. The molecule has 0 amide bonds. The second-order valence-corrected chi connectivity index (χ2v) is 10.4. The number of nitro benzene ring substituents is 2. The minimum absolute atomic E-state index is 0.112. The Morgan fingerprint density at radius 2 is 0.971 bits per heavy atom. The van der Waals surface area contributed by atoms with Gasteiger partial charge in [-0.1, -0.05) is 12.2 Å². The van der Waals surface area contributed by atoms with Crippen LogP contribution in [-0.2, 0) is 0 Å². The quantitative estimate of drug-likeness (QED) is 0.159. The van der Waals surface area contributed by atoms with Crippen molar-refractivity contribution in [3.8, 4) is 0 Å². The summed E-state index contributed by atoms with van der Waals surface area (Å²) in [5.41, 5.74) is 2.11. The Morgan fingerprint density at radius 3 is 1.24 bits per heavy atom. The Labute approximate surface area is 220 Å². The van der Waals surface area contributed by atoms with Gasteiger partial charge in [0.05, 0.1) is 9.85 Å². The lowest BCUT2D eigenvalue weighted by molar-refractivity contribution is -0.385. The molecular weight excluding hydrogens is 604 g/mol. The van der Waals surface area contributed by atoms with E-state index in [4.69, 9.17) is 0 Å². The van der Waals surface area contributed by atoms with Crippen molar-refractivity contribution in [2.45, 2.75) is 0 Å². The van der Waals surface area contributed by atoms with Crippen LogP contribution in [-0.4, -0.2) is 9.85 Å². The molecule has 0 bridgehead atoms. The number of hydrogen-bond donors (Lipinski definition) is 0. The third kappa shape index (κ3) is 8.14. The third-order valence-electron chi connectivity index (χ3n) is 4.26. The van der Waals surface area contributed by atoms with Crippen LogP contribution in [0.3, 0.4) is 0 Å². The zero-order valence-corrected chi connectivity index (χ0v) is 22.1. The monoisotopic (exact) mass is 618 g/mol. The Balaban J connectivity index is 0.000000191. The maximum atomic E-state index is 10.5. The lowest BCUT2D eigenvalue weighted by atomic mass is 10.2. The molecule has 0 spiro atoms. The summed E-state index contributed by atoms with van der Waals surface area (Å²) in [7, 11) is 0. The van der Waals surface area contributed by atoms with Crippen molar-refractivity contribution in [3.63, 3.8) is 0 Å². The standard InChI is InChI=1S/2C12H8BrNO2S/c2*13-10-7-12(17-8-10)6-3-9-1-4-11(5-2-9)14(15)16/h2*1-8H/b2*6-3+. The summed E-state index contributed by atoms with van der Waals surface area (Å²) in [4.78, 5) is 22.4. The largest absolute Gasteiger partial charge is 0.269 e. The molecule has 0 fully saturated rings. The summed E-state index contributed by atoms with van der Waals surface area (Å²) in [6.45, 7) is 0. The average Bonchev–Trinajstić information content (AvgIpc) is 3.44. The molecule has 0 saturated heterocycles. The summed E-state index contributed by atoms with van der Waals surface area (Å²) in [5.74, 6) is 0. The van der Waals surface area contributed by atoms with Gasteiger partial charge in [0.25, 0.3) is 11.4 Å². The van der Waals surface area contributed by atoms with Gasteiger partial charge in [0, 0.05) is 53.7 Å². The van der Waals surface area contributed by atoms with Crippen molar-refractivity contribution in [3.05, 3.63) is 121 Å². The predicted octanol–water partition coefficient (Wildman–Crippen LogP) is 9.18. The minimum atomic E-state index is -0.399. The molecule has 2 aromatic heterocycles. The van der Waals surface area contributed by atoms with Crippen LogP contribution in [0.25, 0.3) is 24.3 Å². The van der Waals surface area contributed by atoms with E-state index in [-0.39, 0.29) is 11.4 Å². The van der Waals surface area contributed by atoms with Gasteiger partial charge in [0.2, 0.25) is 0 Å². The first-order valence-corrected chi connectivity index (χ1v) is 13.0. The van der Waals surface area contributed by atoms with E-state index >= 15 is 0 Å². The van der Waals surface area contributed by atoms with Gasteiger partial charge in [0.15, 0.2) is 0 Å². The summed E-state index contributed by atoms with van der Waals surface area (Å²) >= 11 is 10.0. The van der Waals surface area contributed by atoms with Crippen LogP contribution in [0.4, 0.5) is 11.4 Å². The molecule has 0 aliphatic heterocycles. The van der Waals surface area contributed by atoms with Gasteiger partial charge in [-0.2, -0.15) is 0 Å². The number of rotatable bonds is 6. The zero-order valence-electron chi connectivity index (χ0n) is 17.3. The fourth-order valence-electron chi connectivity index (χ4n) is 2.60. The van der Waals surface area contributed by atoms with Crippen molar-refractivity contribution in [2.24, 2.45) is 0 Å². The van der Waals surface area contributed by atoms with Gasteiger partial charge in [-0.3, -0.25) is 20.2 Å². The maximum absolute atomic E-state index is 10.5. The second kappa shape index (κ2) is 12.5. The van der Waals surface area contributed by atoms with Gasteiger partial charge in [-0.15, -0.1) is 22.7 Å². The molecule has 2 aromatic carbocycles. The van der Waals surface area contributed by atoms with Crippen LogP contribution < -0.4 is 0 Å². The van der Waals surface area contributed by atoms with E-state index < -0.39 is 9.85 Å². The van der Waals surface area contributed by atoms with Crippen molar-refractivity contribution >= 4 is 90.2 Å². The number of non-ortho nitro benzene ring substituents is 2. The minimum Gasteiger partial charge on any atom is -0.258 e. The summed E-state index contributed by atoms with van der Waals surface area (Å²) in [6, 6.07) is 17.0. The SMILES string of the molecule is O=[N+]([O-])c1ccc(/C=C/c2cc(Br)cs2)cc1.O=[N+]([O-])c1ccc(/C=C/c2cc(Br)cs2)cc1. The fraction of sp³-hybridized carbons (Fsp3) is 0. The predicted molar refractivity (Wildman–Crippen MR) is 148 cm³/mol. The molecule has 0 aliphatic rings. The number of nitrogens with zero attached hydrogens (tertiary/aromatic N) is 2. The van der Waals surface area contributed by atoms with E-state index in [0.717, 1.165) is 29.8 Å². The Bertz CT molecular complexity index is 1220. The lowest BCUT2D eigenvalue weighted by Gasteiger charge is -1.93. The normalized spacial score (nSPS) is 10.9. The number of hydrogen-bond acceptors (Lipinski definition) is 6. The van der Waals surface area contributed by atoms with E-state index in [9.17, 15) is 20.2 Å². The highest BCUT2D eigenvalue weighted by Gasteiger charge is 2.03. The van der Waals surface area contributed by atoms with Gasteiger partial charge >= 0.3 is 0 Å². The molecule has 172 valence electrons. The van der Waals surface area contributed by atoms with E-state index in [2.05, 4.69) is 31.9 Å². The topological polar surface area (TPSA) is 86.3 Å². The number of halogens is 2.